The van der Waals surface area contributed by atoms with Crippen molar-refractivity contribution in [3.63, 3.8) is 0 Å². The molecule has 0 amide bonds. The van der Waals surface area contributed by atoms with Gasteiger partial charge in [-0.2, -0.15) is 13.2 Å². The largest absolute Gasteiger partial charge is 0.446 e. The van der Waals surface area contributed by atoms with Crippen molar-refractivity contribution >= 4 is 5.97 Å². The average Bonchev–Trinajstić information content (AvgIpc) is 2.89. The van der Waals surface area contributed by atoms with Crippen molar-refractivity contribution in [3.8, 4) is 0 Å². The highest BCUT2D eigenvalue weighted by Crippen LogP contribution is 2.51. The highest BCUT2D eigenvalue weighted by molar-refractivity contribution is 5.74. The second-order valence-corrected chi connectivity index (χ2v) is 7.92. The minimum Gasteiger partial charge on any atom is -0.446 e. The van der Waals surface area contributed by atoms with E-state index in [1.54, 1.807) is 0 Å². The van der Waals surface area contributed by atoms with E-state index in [4.69, 9.17) is 4.74 Å². The second-order valence-electron chi connectivity index (χ2n) is 7.92. The fourth-order valence-electron chi connectivity index (χ4n) is 3.77. The van der Waals surface area contributed by atoms with Gasteiger partial charge in [0, 0.05) is 6.92 Å². The number of ether oxygens (including phenoxy) is 2. The molecule has 140 valence electrons. The third-order valence-corrected chi connectivity index (χ3v) is 4.59. The molecule has 2 rings (SSSR count). The summed E-state index contributed by atoms with van der Waals surface area (Å²) in [5.74, 6) is -6.24. The maximum atomic E-state index is 13.1. The molecule has 2 aliphatic rings. The third-order valence-electron chi connectivity index (χ3n) is 4.59. The van der Waals surface area contributed by atoms with Crippen molar-refractivity contribution < 1.29 is 36.2 Å². The van der Waals surface area contributed by atoms with Crippen LogP contribution < -0.4 is 0 Å². The van der Waals surface area contributed by atoms with Crippen LogP contribution in [0.1, 0.15) is 47.0 Å². The van der Waals surface area contributed by atoms with E-state index in [-0.39, 0.29) is 30.5 Å². The standard InChI is InChI=1S/C16H23F5O3/c1-14(2,3)24-11-7-8-5-9(11)6-10(8)12(22)23-13(15(4,17)18)16(19,20)21/h8-11,13H,5-7H2,1-4H3. The van der Waals surface area contributed by atoms with E-state index < -0.39 is 30.1 Å². The van der Waals surface area contributed by atoms with Crippen LogP contribution in [0.5, 0.6) is 0 Å². The summed E-state index contributed by atoms with van der Waals surface area (Å²) in [5.41, 5.74) is -0.350. The monoisotopic (exact) mass is 358 g/mol. The minimum absolute atomic E-state index is 0.0509. The van der Waals surface area contributed by atoms with Gasteiger partial charge >= 0.3 is 12.1 Å². The molecule has 5 atom stereocenters. The maximum Gasteiger partial charge on any atom is 0.431 e. The van der Waals surface area contributed by atoms with Gasteiger partial charge in [0.15, 0.2) is 0 Å². The van der Waals surface area contributed by atoms with E-state index in [0.717, 1.165) is 0 Å². The van der Waals surface area contributed by atoms with Crippen LogP contribution in [0.25, 0.3) is 0 Å². The van der Waals surface area contributed by atoms with Gasteiger partial charge in [0.25, 0.3) is 12.0 Å². The van der Waals surface area contributed by atoms with E-state index in [1.807, 2.05) is 20.8 Å². The fourth-order valence-corrected chi connectivity index (χ4v) is 3.77. The number of halogens is 5. The molecular formula is C16H23F5O3. The van der Waals surface area contributed by atoms with Gasteiger partial charge in [-0.15, -0.1) is 0 Å². The molecule has 0 aromatic rings. The number of fused-ring (bicyclic) bond motifs is 2. The molecule has 0 aromatic carbocycles. The first-order chi connectivity index (χ1) is 10.7. The molecule has 0 spiro atoms. The summed E-state index contributed by atoms with van der Waals surface area (Å²) < 4.78 is 74.6. The number of rotatable bonds is 4. The first kappa shape index (κ1) is 19.4. The van der Waals surface area contributed by atoms with Crippen molar-refractivity contribution in [2.24, 2.45) is 17.8 Å². The Labute approximate surface area is 137 Å². The number of alkyl halides is 5. The Bertz CT molecular complexity index is 464. The van der Waals surface area contributed by atoms with Gasteiger partial charge in [0.2, 0.25) is 0 Å². The number of carbonyl (C=O) groups excluding carboxylic acids is 1. The second kappa shape index (κ2) is 6.11. The molecule has 0 N–H and O–H groups in total. The topological polar surface area (TPSA) is 35.5 Å². The fraction of sp³-hybridized carbons (Fsp3) is 0.938. The molecule has 2 saturated carbocycles. The lowest BCUT2D eigenvalue weighted by atomic mass is 9.87. The van der Waals surface area contributed by atoms with Gasteiger partial charge in [0.05, 0.1) is 17.6 Å². The van der Waals surface area contributed by atoms with Gasteiger partial charge in [0.1, 0.15) is 0 Å². The van der Waals surface area contributed by atoms with Crippen molar-refractivity contribution in [2.75, 3.05) is 0 Å². The van der Waals surface area contributed by atoms with Crippen LogP contribution in [0.4, 0.5) is 22.0 Å². The molecular weight excluding hydrogens is 335 g/mol. The lowest BCUT2D eigenvalue weighted by Crippen LogP contribution is -2.47. The number of hydrogen-bond donors (Lipinski definition) is 0. The Hall–Kier alpha value is -0.920. The van der Waals surface area contributed by atoms with Gasteiger partial charge in [-0.3, -0.25) is 4.79 Å². The van der Waals surface area contributed by atoms with Gasteiger partial charge in [-0.1, -0.05) is 0 Å². The highest BCUT2D eigenvalue weighted by Gasteiger charge is 2.58. The predicted molar refractivity (Wildman–Crippen MR) is 75.5 cm³/mol. The maximum absolute atomic E-state index is 13.1. The Morgan fingerprint density at radius 2 is 1.54 bits per heavy atom. The molecule has 0 saturated heterocycles. The van der Waals surface area contributed by atoms with E-state index >= 15 is 0 Å². The number of hydrogen-bond acceptors (Lipinski definition) is 3. The summed E-state index contributed by atoms with van der Waals surface area (Å²) in [6.45, 7) is 5.82. The Morgan fingerprint density at radius 3 is 1.92 bits per heavy atom. The first-order valence-corrected chi connectivity index (χ1v) is 8.01. The molecule has 2 fully saturated rings. The molecule has 2 bridgehead atoms. The molecule has 3 nitrogen and oxygen atoms in total. The van der Waals surface area contributed by atoms with Crippen molar-refractivity contribution in [1.29, 1.82) is 0 Å². The van der Waals surface area contributed by atoms with Gasteiger partial charge < -0.3 is 9.47 Å². The zero-order valence-electron chi connectivity index (χ0n) is 14.1. The zero-order chi connectivity index (χ0) is 18.5. The van der Waals surface area contributed by atoms with E-state index in [2.05, 4.69) is 4.74 Å². The van der Waals surface area contributed by atoms with Crippen LogP contribution in [0.3, 0.4) is 0 Å². The molecule has 8 heteroatoms. The molecule has 0 radical (unpaired) electrons. The zero-order valence-corrected chi connectivity index (χ0v) is 14.1. The van der Waals surface area contributed by atoms with Crippen molar-refractivity contribution in [2.45, 2.75) is 76.9 Å². The summed E-state index contributed by atoms with van der Waals surface area (Å²) >= 11 is 0. The Kier molecular flexibility index (Phi) is 4.94. The average molecular weight is 358 g/mol. The molecule has 0 aromatic heterocycles. The van der Waals surface area contributed by atoms with Crippen molar-refractivity contribution in [1.82, 2.24) is 0 Å². The Morgan fingerprint density at radius 1 is 0.958 bits per heavy atom. The van der Waals surface area contributed by atoms with E-state index in [1.165, 1.54) is 0 Å². The van der Waals surface area contributed by atoms with Crippen LogP contribution in [0.15, 0.2) is 0 Å². The smallest absolute Gasteiger partial charge is 0.431 e. The van der Waals surface area contributed by atoms with Crippen molar-refractivity contribution in [3.05, 3.63) is 0 Å². The van der Waals surface area contributed by atoms with Gasteiger partial charge in [-0.05, 0) is 51.9 Å². The Balaban J connectivity index is 1.99. The van der Waals surface area contributed by atoms with E-state index in [9.17, 15) is 26.7 Å². The van der Waals surface area contributed by atoms with Crippen LogP contribution in [0, 0.1) is 17.8 Å². The third kappa shape index (κ3) is 4.37. The minimum atomic E-state index is -5.30. The quantitative estimate of drug-likeness (QED) is 0.554. The van der Waals surface area contributed by atoms with Crippen LogP contribution >= 0.6 is 0 Å². The summed E-state index contributed by atoms with van der Waals surface area (Å²) in [6.07, 6.45) is -7.24. The normalized spacial score (nSPS) is 32.0. The molecule has 5 unspecified atom stereocenters. The molecule has 0 aliphatic heterocycles. The summed E-state index contributed by atoms with van der Waals surface area (Å²) in [5, 5.41) is 0. The summed E-state index contributed by atoms with van der Waals surface area (Å²) in [7, 11) is 0. The first-order valence-electron chi connectivity index (χ1n) is 8.01. The lowest BCUT2D eigenvalue weighted by molar-refractivity contribution is -0.275. The molecule has 0 heterocycles. The lowest BCUT2D eigenvalue weighted by Gasteiger charge is -2.33. The van der Waals surface area contributed by atoms with Gasteiger partial charge in [-0.25, -0.2) is 8.78 Å². The summed E-state index contributed by atoms with van der Waals surface area (Å²) in [6, 6.07) is 0. The number of carbonyl (C=O) groups is 1. The SMILES string of the molecule is CC(C)(C)OC1CC2CC1CC2C(=O)OC(C(C)(F)F)C(F)(F)F. The van der Waals surface area contributed by atoms with Crippen LogP contribution in [-0.2, 0) is 14.3 Å². The highest BCUT2D eigenvalue weighted by atomic mass is 19.4. The van der Waals surface area contributed by atoms with E-state index in [0.29, 0.717) is 19.3 Å². The van der Waals surface area contributed by atoms with Crippen LogP contribution in [-0.4, -0.2) is 35.9 Å². The molecule has 24 heavy (non-hydrogen) atoms. The summed E-state index contributed by atoms with van der Waals surface area (Å²) in [4.78, 5) is 12.0. The van der Waals surface area contributed by atoms with Crippen LogP contribution in [0.2, 0.25) is 0 Å². The molecule has 2 aliphatic carbocycles. The predicted octanol–water partition coefficient (Wildman–Crippen LogP) is 4.35. The number of esters is 1.